The van der Waals surface area contributed by atoms with Gasteiger partial charge in [-0.05, 0) is 30.7 Å². The number of hydrogen-bond acceptors (Lipinski definition) is 3. The van der Waals surface area contributed by atoms with Gasteiger partial charge < -0.3 is 10.6 Å². The summed E-state index contributed by atoms with van der Waals surface area (Å²) in [5, 5.41) is 0. The lowest BCUT2D eigenvalue weighted by Gasteiger charge is -2.36. The Morgan fingerprint density at radius 3 is 2.55 bits per heavy atom. The Bertz CT molecular complexity index is 626. The van der Waals surface area contributed by atoms with Crippen LogP contribution >= 0.6 is 0 Å². The molecule has 1 aromatic carbocycles. The van der Waals surface area contributed by atoms with Gasteiger partial charge in [-0.3, -0.25) is 4.90 Å². The van der Waals surface area contributed by atoms with Crippen molar-refractivity contribution in [3.63, 3.8) is 0 Å². The van der Waals surface area contributed by atoms with Crippen LogP contribution in [0.3, 0.4) is 0 Å². The van der Waals surface area contributed by atoms with Gasteiger partial charge in [0.2, 0.25) is 6.33 Å². The molecule has 0 unspecified atom stereocenters. The zero-order chi connectivity index (χ0) is 15.5. The van der Waals surface area contributed by atoms with E-state index in [4.69, 9.17) is 5.73 Å². The smallest absolute Gasteiger partial charge is 0.243 e. The molecule has 1 aromatic heterocycles. The van der Waals surface area contributed by atoms with Crippen LogP contribution in [-0.2, 0) is 13.6 Å². The first kappa shape index (κ1) is 14.9. The van der Waals surface area contributed by atoms with E-state index in [0.29, 0.717) is 0 Å². The van der Waals surface area contributed by atoms with Gasteiger partial charge >= 0.3 is 0 Å². The minimum Gasteiger partial charge on any atom is -0.399 e. The third-order valence-corrected chi connectivity index (χ3v) is 4.49. The number of rotatable bonds is 4. The SMILES string of the molecule is Cc1cc(N2CCN(CCn3cc[n+](C)c3)CC2)ccc1N. The number of imidazole rings is 1. The largest absolute Gasteiger partial charge is 0.399 e. The van der Waals surface area contributed by atoms with Gasteiger partial charge in [-0.25, -0.2) is 9.13 Å². The van der Waals surface area contributed by atoms with Gasteiger partial charge in [-0.1, -0.05) is 0 Å². The molecule has 22 heavy (non-hydrogen) atoms. The van der Waals surface area contributed by atoms with Gasteiger partial charge in [0.1, 0.15) is 18.9 Å². The topological polar surface area (TPSA) is 41.3 Å². The van der Waals surface area contributed by atoms with Crippen molar-refractivity contribution < 1.29 is 4.57 Å². The molecule has 0 aliphatic carbocycles. The zero-order valence-corrected chi connectivity index (χ0v) is 13.6. The average molecular weight is 300 g/mol. The van der Waals surface area contributed by atoms with E-state index in [0.717, 1.165) is 45.0 Å². The summed E-state index contributed by atoms with van der Waals surface area (Å²) in [5.74, 6) is 0. The molecule has 1 aliphatic heterocycles. The molecule has 2 aromatic rings. The Kier molecular flexibility index (Phi) is 4.34. The molecule has 0 spiro atoms. The van der Waals surface area contributed by atoms with Gasteiger partial charge in [0.15, 0.2) is 0 Å². The number of hydrogen-bond donors (Lipinski definition) is 1. The normalized spacial score (nSPS) is 16.2. The highest BCUT2D eigenvalue weighted by atomic mass is 15.3. The maximum Gasteiger partial charge on any atom is 0.243 e. The van der Waals surface area contributed by atoms with Gasteiger partial charge in [0, 0.05) is 44.1 Å². The van der Waals surface area contributed by atoms with Crippen LogP contribution < -0.4 is 15.2 Å². The first-order valence-corrected chi connectivity index (χ1v) is 7.96. The average Bonchev–Trinajstić information content (AvgIpc) is 2.94. The monoisotopic (exact) mass is 300 g/mol. The predicted molar refractivity (Wildman–Crippen MR) is 89.9 cm³/mol. The molecule has 2 heterocycles. The molecule has 3 rings (SSSR count). The molecule has 1 aliphatic rings. The predicted octanol–water partition coefficient (Wildman–Crippen LogP) is 1.03. The van der Waals surface area contributed by atoms with Crippen LogP contribution in [0.4, 0.5) is 11.4 Å². The maximum absolute atomic E-state index is 5.91. The van der Waals surface area contributed by atoms with Crippen LogP contribution in [0.15, 0.2) is 36.9 Å². The maximum atomic E-state index is 5.91. The Labute approximate surface area is 132 Å². The van der Waals surface area contributed by atoms with Crippen molar-refractivity contribution in [1.29, 1.82) is 0 Å². The fraction of sp³-hybridized carbons (Fsp3) is 0.471. The summed E-state index contributed by atoms with van der Waals surface area (Å²) in [4.78, 5) is 5.00. The number of piperazine rings is 1. The number of anilines is 2. The van der Waals surface area contributed by atoms with E-state index in [-0.39, 0.29) is 0 Å². The molecule has 0 radical (unpaired) electrons. The van der Waals surface area contributed by atoms with E-state index in [9.17, 15) is 0 Å². The molecule has 5 nitrogen and oxygen atoms in total. The summed E-state index contributed by atoms with van der Waals surface area (Å²) >= 11 is 0. The summed E-state index contributed by atoms with van der Waals surface area (Å²) in [7, 11) is 2.06. The molecule has 2 N–H and O–H groups in total. The Balaban J connectivity index is 1.50. The second-order valence-electron chi connectivity index (χ2n) is 6.19. The Morgan fingerprint density at radius 1 is 1.14 bits per heavy atom. The zero-order valence-electron chi connectivity index (χ0n) is 13.6. The highest BCUT2D eigenvalue weighted by molar-refractivity contribution is 5.58. The van der Waals surface area contributed by atoms with Crippen molar-refractivity contribution in [2.45, 2.75) is 13.5 Å². The number of nitrogens with two attached hydrogens (primary N) is 1. The van der Waals surface area contributed by atoms with Crippen molar-refractivity contribution in [2.24, 2.45) is 7.05 Å². The Morgan fingerprint density at radius 2 is 1.91 bits per heavy atom. The molecule has 5 heteroatoms. The minimum absolute atomic E-state index is 0.877. The summed E-state index contributed by atoms with van der Waals surface area (Å²) in [6.45, 7) is 8.66. The standard InChI is InChI=1S/C17H26N5/c1-15-13-16(3-4-17(15)18)22-11-9-20(10-12-22)7-8-21-6-5-19(2)14-21/h3-6,13-14H,7-12,18H2,1-2H3/q+1. The second-order valence-corrected chi connectivity index (χ2v) is 6.19. The molecule has 118 valence electrons. The van der Waals surface area contributed by atoms with Crippen molar-refractivity contribution in [3.8, 4) is 0 Å². The van der Waals surface area contributed by atoms with Crippen LogP contribution in [0.2, 0.25) is 0 Å². The van der Waals surface area contributed by atoms with E-state index >= 15 is 0 Å². The molecule has 0 bridgehead atoms. The van der Waals surface area contributed by atoms with Crippen LogP contribution in [0.5, 0.6) is 0 Å². The number of benzene rings is 1. The third kappa shape index (κ3) is 3.42. The first-order chi connectivity index (χ1) is 10.6. The van der Waals surface area contributed by atoms with Crippen molar-refractivity contribution in [2.75, 3.05) is 43.4 Å². The summed E-state index contributed by atoms with van der Waals surface area (Å²) in [6, 6.07) is 6.35. The summed E-state index contributed by atoms with van der Waals surface area (Å²) in [6.07, 6.45) is 6.35. The molecule has 0 atom stereocenters. The molecule has 0 saturated carbocycles. The quantitative estimate of drug-likeness (QED) is 0.677. The van der Waals surface area contributed by atoms with Crippen molar-refractivity contribution in [3.05, 3.63) is 42.5 Å². The Hall–Kier alpha value is -2.01. The van der Waals surface area contributed by atoms with Crippen LogP contribution in [0.1, 0.15) is 5.56 Å². The van der Waals surface area contributed by atoms with Crippen molar-refractivity contribution in [1.82, 2.24) is 9.47 Å². The van der Waals surface area contributed by atoms with E-state index in [1.807, 2.05) is 6.07 Å². The molecular weight excluding hydrogens is 274 g/mol. The minimum atomic E-state index is 0.877. The van der Waals surface area contributed by atoms with E-state index in [1.54, 1.807) is 0 Å². The van der Waals surface area contributed by atoms with Gasteiger partial charge in [-0.15, -0.1) is 0 Å². The third-order valence-electron chi connectivity index (χ3n) is 4.49. The van der Waals surface area contributed by atoms with Crippen LogP contribution in [0.25, 0.3) is 0 Å². The van der Waals surface area contributed by atoms with Gasteiger partial charge in [0.05, 0.1) is 7.05 Å². The summed E-state index contributed by atoms with van der Waals surface area (Å²) in [5.41, 5.74) is 9.25. The molecule has 1 fully saturated rings. The van der Waals surface area contributed by atoms with Gasteiger partial charge in [-0.2, -0.15) is 0 Å². The lowest BCUT2D eigenvalue weighted by atomic mass is 10.1. The molecule has 0 amide bonds. The van der Waals surface area contributed by atoms with Crippen LogP contribution in [-0.4, -0.2) is 42.2 Å². The highest BCUT2D eigenvalue weighted by Gasteiger charge is 2.18. The molecular formula is C17H26N5+. The van der Waals surface area contributed by atoms with E-state index in [1.165, 1.54) is 11.3 Å². The fourth-order valence-electron chi connectivity index (χ4n) is 2.98. The first-order valence-electron chi connectivity index (χ1n) is 7.96. The van der Waals surface area contributed by atoms with Crippen LogP contribution in [0, 0.1) is 6.92 Å². The highest BCUT2D eigenvalue weighted by Crippen LogP contribution is 2.21. The lowest BCUT2D eigenvalue weighted by Crippen LogP contribution is -2.47. The number of aromatic nitrogens is 2. The lowest BCUT2D eigenvalue weighted by molar-refractivity contribution is -0.671. The van der Waals surface area contributed by atoms with Crippen molar-refractivity contribution >= 4 is 11.4 Å². The van der Waals surface area contributed by atoms with Gasteiger partial charge in [0.25, 0.3) is 0 Å². The van der Waals surface area contributed by atoms with E-state index < -0.39 is 0 Å². The fourth-order valence-corrected chi connectivity index (χ4v) is 2.98. The molecule has 1 saturated heterocycles. The number of nitrogen functional groups attached to an aromatic ring is 1. The number of nitrogens with zero attached hydrogens (tertiary/aromatic N) is 4. The number of aryl methyl sites for hydroxylation is 2. The summed E-state index contributed by atoms with van der Waals surface area (Å²) < 4.78 is 4.33. The second kappa shape index (κ2) is 6.40. The van der Waals surface area contributed by atoms with E-state index in [2.05, 4.69) is 63.8 Å².